The van der Waals surface area contributed by atoms with Gasteiger partial charge in [0, 0.05) is 18.0 Å². The fourth-order valence-corrected chi connectivity index (χ4v) is 1.66. The number of hydrogen-bond donors (Lipinski definition) is 0. The lowest BCUT2D eigenvalue weighted by atomic mass is 10.2. The Morgan fingerprint density at radius 2 is 1.91 bits per heavy atom. The Morgan fingerprint density at radius 3 is 2.64 bits per heavy atom. The molecule has 3 nitrogen and oxygen atoms in total. The highest BCUT2D eigenvalue weighted by molar-refractivity contribution is 8.27. The molecule has 0 radical (unpaired) electrons. The highest BCUT2D eigenvalue weighted by Crippen LogP contribution is 2.28. The lowest BCUT2D eigenvalue weighted by Crippen LogP contribution is -1.90. The molecule has 0 atom stereocenters. The average molecular weight is 165 g/mol. The third kappa shape index (κ3) is 0.867. The van der Waals surface area contributed by atoms with Crippen molar-refractivity contribution < 1.29 is 9.59 Å². The van der Waals surface area contributed by atoms with E-state index in [4.69, 9.17) is 0 Å². The molecule has 0 aliphatic carbocycles. The van der Waals surface area contributed by atoms with Crippen molar-refractivity contribution in [2.75, 3.05) is 0 Å². The zero-order valence-corrected chi connectivity index (χ0v) is 6.22. The molecule has 54 valence electrons. The molecule has 0 N–H and O–H groups in total. The zero-order chi connectivity index (χ0) is 7.84. The van der Waals surface area contributed by atoms with Crippen LogP contribution in [0.3, 0.4) is 0 Å². The third-order valence-electron chi connectivity index (χ3n) is 1.45. The van der Waals surface area contributed by atoms with Gasteiger partial charge in [-0.05, 0) is 17.8 Å². The number of aromatic nitrogens is 1. The molecule has 0 spiro atoms. The molecular formula is C7H3NO2S. The highest BCUT2D eigenvalue weighted by atomic mass is 32.2. The first-order chi connectivity index (χ1) is 5.29. The summed E-state index contributed by atoms with van der Waals surface area (Å²) in [7, 11) is 0. The molecule has 0 amide bonds. The van der Waals surface area contributed by atoms with Gasteiger partial charge < -0.3 is 0 Å². The Morgan fingerprint density at radius 1 is 1.18 bits per heavy atom. The molecule has 1 aromatic rings. The number of pyridine rings is 1. The van der Waals surface area contributed by atoms with Gasteiger partial charge in [-0.15, -0.1) is 0 Å². The molecule has 4 heteroatoms. The van der Waals surface area contributed by atoms with Gasteiger partial charge >= 0.3 is 0 Å². The number of thioether (sulfide) groups is 1. The largest absolute Gasteiger partial charge is 0.281 e. The molecule has 1 aliphatic rings. The second kappa shape index (κ2) is 2.17. The summed E-state index contributed by atoms with van der Waals surface area (Å²) in [6, 6.07) is 1.57. The number of carbonyl (C=O) groups excluding carboxylic acids is 2. The molecule has 0 aromatic carbocycles. The van der Waals surface area contributed by atoms with Crippen molar-refractivity contribution >= 4 is 22.0 Å². The van der Waals surface area contributed by atoms with Gasteiger partial charge in [0.05, 0.1) is 5.56 Å². The maximum absolute atomic E-state index is 11.0. The molecule has 0 bridgehead atoms. The molecule has 11 heavy (non-hydrogen) atoms. The van der Waals surface area contributed by atoms with E-state index in [1.807, 2.05) is 0 Å². The van der Waals surface area contributed by atoms with Crippen LogP contribution in [0.25, 0.3) is 0 Å². The van der Waals surface area contributed by atoms with Gasteiger partial charge in [0.2, 0.25) is 10.2 Å². The van der Waals surface area contributed by atoms with E-state index in [1.54, 1.807) is 6.07 Å². The van der Waals surface area contributed by atoms with Crippen molar-refractivity contribution in [1.82, 2.24) is 4.98 Å². The van der Waals surface area contributed by atoms with Crippen molar-refractivity contribution in [1.29, 1.82) is 0 Å². The van der Waals surface area contributed by atoms with Crippen LogP contribution in [0.15, 0.2) is 18.5 Å². The molecule has 0 saturated carbocycles. The number of hydrogen-bond acceptors (Lipinski definition) is 4. The number of carbonyl (C=O) groups is 2. The molecule has 1 aliphatic heterocycles. The van der Waals surface area contributed by atoms with E-state index in [9.17, 15) is 9.59 Å². The highest BCUT2D eigenvalue weighted by Gasteiger charge is 2.27. The lowest BCUT2D eigenvalue weighted by molar-refractivity contribution is 0.108. The van der Waals surface area contributed by atoms with Crippen LogP contribution < -0.4 is 0 Å². The van der Waals surface area contributed by atoms with Crippen LogP contribution in [-0.2, 0) is 0 Å². The SMILES string of the molecule is O=C1SC(=O)c2cnccc21. The standard InChI is InChI=1S/C7H3NO2S/c9-6-4-1-2-8-3-5(4)7(10)11-6/h1-3H. The van der Waals surface area contributed by atoms with E-state index in [-0.39, 0.29) is 10.2 Å². The van der Waals surface area contributed by atoms with Gasteiger partial charge in [0.25, 0.3) is 0 Å². The summed E-state index contributed by atoms with van der Waals surface area (Å²) >= 11 is 0.731. The molecular weight excluding hydrogens is 162 g/mol. The lowest BCUT2D eigenvalue weighted by Gasteiger charge is -1.88. The predicted molar refractivity (Wildman–Crippen MR) is 40.5 cm³/mol. The summed E-state index contributed by atoms with van der Waals surface area (Å²) in [5.74, 6) is 0. The third-order valence-corrected chi connectivity index (χ3v) is 2.26. The van der Waals surface area contributed by atoms with Gasteiger partial charge in [-0.25, -0.2) is 0 Å². The fourth-order valence-electron chi connectivity index (χ4n) is 0.929. The zero-order valence-electron chi connectivity index (χ0n) is 5.40. The summed E-state index contributed by atoms with van der Waals surface area (Å²) in [6.45, 7) is 0. The van der Waals surface area contributed by atoms with Crippen LogP contribution in [0.5, 0.6) is 0 Å². The second-order valence-electron chi connectivity index (χ2n) is 2.10. The Balaban J connectivity index is 2.69. The normalized spacial score (nSPS) is 15.3. The minimum atomic E-state index is -0.196. The van der Waals surface area contributed by atoms with Gasteiger partial charge in [-0.2, -0.15) is 0 Å². The maximum atomic E-state index is 11.0. The quantitative estimate of drug-likeness (QED) is 0.577. The summed E-state index contributed by atoms with van der Waals surface area (Å²) in [5, 5.41) is -0.370. The van der Waals surface area contributed by atoms with Crippen molar-refractivity contribution in [3.8, 4) is 0 Å². The van der Waals surface area contributed by atoms with E-state index < -0.39 is 0 Å². The predicted octanol–water partition coefficient (Wildman–Crippen LogP) is 1.11. The summed E-state index contributed by atoms with van der Waals surface area (Å²) in [4.78, 5) is 25.7. The van der Waals surface area contributed by atoms with Crippen LogP contribution in [0, 0.1) is 0 Å². The van der Waals surface area contributed by atoms with E-state index in [2.05, 4.69) is 4.98 Å². The topological polar surface area (TPSA) is 47.0 Å². The second-order valence-corrected chi connectivity index (χ2v) is 3.04. The van der Waals surface area contributed by atoms with Crippen LogP contribution in [-0.4, -0.2) is 15.2 Å². The molecule has 2 heterocycles. The van der Waals surface area contributed by atoms with E-state index in [0.29, 0.717) is 11.1 Å². The molecule has 1 aromatic heterocycles. The van der Waals surface area contributed by atoms with Crippen LogP contribution >= 0.6 is 11.8 Å². The van der Waals surface area contributed by atoms with Crippen molar-refractivity contribution in [2.24, 2.45) is 0 Å². The van der Waals surface area contributed by atoms with Crippen LogP contribution in [0.4, 0.5) is 0 Å². The fraction of sp³-hybridized carbons (Fsp3) is 0. The monoisotopic (exact) mass is 165 g/mol. The smallest absolute Gasteiger partial charge is 0.229 e. The van der Waals surface area contributed by atoms with Crippen molar-refractivity contribution in [2.45, 2.75) is 0 Å². The minimum Gasteiger partial charge on any atom is -0.281 e. The first kappa shape index (κ1) is 6.54. The summed E-state index contributed by atoms with van der Waals surface area (Å²) in [5.41, 5.74) is 0.914. The molecule has 0 fully saturated rings. The van der Waals surface area contributed by atoms with Gasteiger partial charge in [0.1, 0.15) is 0 Å². The average Bonchev–Trinajstić information content (AvgIpc) is 2.30. The maximum Gasteiger partial charge on any atom is 0.229 e. The summed E-state index contributed by atoms with van der Waals surface area (Å²) in [6.07, 6.45) is 2.94. The Bertz CT molecular complexity index is 315. The van der Waals surface area contributed by atoms with Crippen molar-refractivity contribution in [3.05, 3.63) is 29.6 Å². The van der Waals surface area contributed by atoms with Gasteiger partial charge in [0.15, 0.2) is 0 Å². The number of fused-ring (bicyclic) bond motifs is 1. The molecule has 2 rings (SSSR count). The van der Waals surface area contributed by atoms with E-state index in [0.717, 1.165) is 11.8 Å². The van der Waals surface area contributed by atoms with E-state index in [1.165, 1.54) is 12.4 Å². The first-order valence-corrected chi connectivity index (χ1v) is 3.81. The Hall–Kier alpha value is -1.16. The molecule has 0 unspecified atom stereocenters. The number of nitrogens with zero attached hydrogens (tertiary/aromatic N) is 1. The Kier molecular flexibility index (Phi) is 1.29. The minimum absolute atomic E-state index is 0.174. The van der Waals surface area contributed by atoms with Gasteiger partial charge in [-0.1, -0.05) is 0 Å². The number of rotatable bonds is 0. The van der Waals surface area contributed by atoms with Gasteiger partial charge in [-0.3, -0.25) is 14.6 Å². The van der Waals surface area contributed by atoms with E-state index >= 15 is 0 Å². The van der Waals surface area contributed by atoms with Crippen LogP contribution in [0.2, 0.25) is 0 Å². The van der Waals surface area contributed by atoms with Crippen molar-refractivity contribution in [3.63, 3.8) is 0 Å². The molecule has 0 saturated heterocycles. The summed E-state index contributed by atoms with van der Waals surface area (Å²) < 4.78 is 0. The van der Waals surface area contributed by atoms with Crippen LogP contribution in [0.1, 0.15) is 20.7 Å². The Labute approximate surface area is 66.8 Å². The first-order valence-electron chi connectivity index (χ1n) is 2.99.